The van der Waals surface area contributed by atoms with Crippen LogP contribution in [0.5, 0.6) is 0 Å². The van der Waals surface area contributed by atoms with Gasteiger partial charge in [-0.3, -0.25) is 4.79 Å². The average Bonchev–Trinajstić information content (AvgIpc) is 2.53. The van der Waals surface area contributed by atoms with E-state index in [-0.39, 0.29) is 16.8 Å². The minimum absolute atomic E-state index is 0.0883. The molecule has 0 aliphatic heterocycles. The van der Waals surface area contributed by atoms with E-state index in [0.717, 1.165) is 10.5 Å². The molecule has 0 heterocycles. The number of nitrogens with one attached hydrogen (secondary N) is 1. The minimum atomic E-state index is -3.21. The van der Waals surface area contributed by atoms with Crippen molar-refractivity contribution in [3.8, 4) is 0 Å². The third-order valence-electron chi connectivity index (χ3n) is 3.37. The largest absolute Gasteiger partial charge is 0.349 e. The maximum absolute atomic E-state index is 12.0. The molecule has 1 amide bonds. The van der Waals surface area contributed by atoms with Crippen molar-refractivity contribution in [3.05, 3.63) is 59.1 Å². The molecule has 2 aromatic rings. The van der Waals surface area contributed by atoms with Crippen molar-refractivity contribution in [1.82, 2.24) is 5.32 Å². The topological polar surface area (TPSA) is 63.2 Å². The molecule has 0 unspecified atom stereocenters. The molecule has 1 N–H and O–H groups in total. The van der Waals surface area contributed by atoms with Crippen LogP contribution in [0, 0.1) is 0 Å². The summed E-state index contributed by atoms with van der Waals surface area (Å²) in [6.45, 7) is 1.86. The number of benzene rings is 2. The lowest BCUT2D eigenvalue weighted by Crippen LogP contribution is -2.28. The third-order valence-corrected chi connectivity index (χ3v) is 5.76. The highest BCUT2D eigenvalue weighted by Crippen LogP contribution is 2.21. The molecule has 0 saturated carbocycles. The van der Waals surface area contributed by atoms with Crippen LogP contribution in [0.1, 0.15) is 18.5 Å². The van der Waals surface area contributed by atoms with Gasteiger partial charge in [-0.25, -0.2) is 8.42 Å². The van der Waals surface area contributed by atoms with Gasteiger partial charge in [-0.2, -0.15) is 0 Å². The molecule has 0 aliphatic rings. The standard InChI is InChI=1S/C17H18ClNO3S2/c1-12(13-3-9-16(10-4-13)24(2,21)22)19-17(20)11-23-15-7-5-14(18)6-8-15/h3-10,12H,11H2,1-2H3,(H,19,20)/t12-/m0/s1. The Morgan fingerprint density at radius 2 is 1.71 bits per heavy atom. The number of thioether (sulfide) groups is 1. The van der Waals surface area contributed by atoms with Gasteiger partial charge in [0.25, 0.3) is 0 Å². The highest BCUT2D eigenvalue weighted by Gasteiger charge is 2.12. The second-order valence-corrected chi connectivity index (χ2v) is 8.87. The molecule has 0 bridgehead atoms. The van der Waals surface area contributed by atoms with E-state index in [1.54, 1.807) is 36.4 Å². The van der Waals surface area contributed by atoms with Crippen LogP contribution in [0.3, 0.4) is 0 Å². The lowest BCUT2D eigenvalue weighted by molar-refractivity contribution is -0.119. The summed E-state index contributed by atoms with van der Waals surface area (Å²) in [5, 5.41) is 3.56. The van der Waals surface area contributed by atoms with Crippen molar-refractivity contribution in [2.24, 2.45) is 0 Å². The first kappa shape index (κ1) is 18.8. The molecule has 0 spiro atoms. The Morgan fingerprint density at radius 3 is 2.25 bits per heavy atom. The normalized spacial score (nSPS) is 12.6. The van der Waals surface area contributed by atoms with Gasteiger partial charge in [0, 0.05) is 16.2 Å². The molecule has 24 heavy (non-hydrogen) atoms. The van der Waals surface area contributed by atoms with Gasteiger partial charge in [-0.1, -0.05) is 23.7 Å². The van der Waals surface area contributed by atoms with Crippen molar-refractivity contribution in [2.45, 2.75) is 22.8 Å². The van der Waals surface area contributed by atoms with Gasteiger partial charge in [-0.15, -0.1) is 11.8 Å². The Hall–Kier alpha value is -1.50. The fraction of sp³-hybridized carbons (Fsp3) is 0.235. The van der Waals surface area contributed by atoms with Crippen molar-refractivity contribution in [3.63, 3.8) is 0 Å². The van der Waals surface area contributed by atoms with Gasteiger partial charge < -0.3 is 5.32 Å². The number of hydrogen-bond donors (Lipinski definition) is 1. The van der Waals surface area contributed by atoms with Crippen LogP contribution in [-0.4, -0.2) is 26.3 Å². The molecule has 1 atom stereocenters. The maximum Gasteiger partial charge on any atom is 0.230 e. The van der Waals surface area contributed by atoms with Gasteiger partial charge in [0.2, 0.25) is 5.91 Å². The first-order valence-corrected chi connectivity index (χ1v) is 10.5. The summed E-state index contributed by atoms with van der Waals surface area (Å²) in [6.07, 6.45) is 1.17. The third kappa shape index (κ3) is 5.54. The highest BCUT2D eigenvalue weighted by atomic mass is 35.5. The smallest absolute Gasteiger partial charge is 0.230 e. The number of carbonyl (C=O) groups is 1. The van der Waals surface area contributed by atoms with Gasteiger partial charge >= 0.3 is 0 Å². The number of rotatable bonds is 6. The van der Waals surface area contributed by atoms with Gasteiger partial charge in [0.1, 0.15) is 0 Å². The van der Waals surface area contributed by atoms with Crippen LogP contribution in [0.4, 0.5) is 0 Å². The van der Waals surface area contributed by atoms with E-state index in [9.17, 15) is 13.2 Å². The SMILES string of the molecule is C[C@H](NC(=O)CSc1ccc(Cl)cc1)c1ccc(S(C)(=O)=O)cc1. The zero-order valence-electron chi connectivity index (χ0n) is 13.3. The van der Waals surface area contributed by atoms with Gasteiger partial charge in [-0.05, 0) is 48.9 Å². The number of hydrogen-bond acceptors (Lipinski definition) is 4. The van der Waals surface area contributed by atoms with Gasteiger partial charge in [0.05, 0.1) is 16.7 Å². The van der Waals surface area contributed by atoms with E-state index in [0.29, 0.717) is 10.8 Å². The average molecular weight is 384 g/mol. The zero-order valence-corrected chi connectivity index (χ0v) is 15.7. The van der Waals surface area contributed by atoms with Crippen molar-refractivity contribution in [1.29, 1.82) is 0 Å². The summed E-state index contributed by atoms with van der Waals surface area (Å²) in [7, 11) is -3.21. The van der Waals surface area contributed by atoms with Crippen LogP contribution >= 0.6 is 23.4 Å². The summed E-state index contributed by atoms with van der Waals surface area (Å²) >= 11 is 7.25. The fourth-order valence-corrected chi connectivity index (χ4v) is 3.52. The molecule has 7 heteroatoms. The minimum Gasteiger partial charge on any atom is -0.349 e. The molecule has 0 fully saturated rings. The molecule has 4 nitrogen and oxygen atoms in total. The van der Waals surface area contributed by atoms with Crippen LogP contribution < -0.4 is 5.32 Å². The van der Waals surface area contributed by atoms with E-state index < -0.39 is 9.84 Å². The maximum atomic E-state index is 12.0. The Morgan fingerprint density at radius 1 is 1.12 bits per heavy atom. The number of sulfone groups is 1. The molecule has 2 rings (SSSR count). The van der Waals surface area contributed by atoms with E-state index in [4.69, 9.17) is 11.6 Å². The lowest BCUT2D eigenvalue weighted by Gasteiger charge is -2.14. The second-order valence-electron chi connectivity index (χ2n) is 5.37. The fourth-order valence-electron chi connectivity index (χ4n) is 2.05. The molecular formula is C17H18ClNO3S2. The van der Waals surface area contributed by atoms with Crippen molar-refractivity contribution >= 4 is 39.1 Å². The summed E-state index contributed by atoms with van der Waals surface area (Å²) in [6, 6.07) is 13.6. The van der Waals surface area contributed by atoms with Crippen LogP contribution in [-0.2, 0) is 14.6 Å². The van der Waals surface area contributed by atoms with E-state index >= 15 is 0 Å². The number of amides is 1. The molecule has 0 aliphatic carbocycles. The van der Waals surface area contributed by atoms with Crippen LogP contribution in [0.15, 0.2) is 58.3 Å². The molecule has 128 valence electrons. The monoisotopic (exact) mass is 383 g/mol. The Bertz CT molecular complexity index is 803. The molecule has 0 aromatic heterocycles. The van der Waals surface area contributed by atoms with Crippen LogP contribution in [0.25, 0.3) is 0 Å². The number of halogens is 1. The van der Waals surface area contributed by atoms with E-state index in [2.05, 4.69) is 5.32 Å². The Kier molecular flexibility index (Phi) is 6.32. The summed E-state index contributed by atoms with van der Waals surface area (Å²) in [5.74, 6) is 0.211. The Labute approximate surface area is 151 Å². The first-order valence-electron chi connectivity index (χ1n) is 7.23. The first-order chi connectivity index (χ1) is 11.3. The predicted molar refractivity (Wildman–Crippen MR) is 98.3 cm³/mol. The predicted octanol–water partition coefficient (Wildman–Crippen LogP) is 3.71. The molecular weight excluding hydrogens is 366 g/mol. The highest BCUT2D eigenvalue weighted by molar-refractivity contribution is 8.00. The quantitative estimate of drug-likeness (QED) is 0.772. The molecule has 0 radical (unpaired) electrons. The van der Waals surface area contributed by atoms with E-state index in [1.165, 1.54) is 18.0 Å². The lowest BCUT2D eigenvalue weighted by atomic mass is 10.1. The summed E-state index contributed by atoms with van der Waals surface area (Å²) in [5.41, 5.74) is 0.854. The molecule has 2 aromatic carbocycles. The van der Waals surface area contributed by atoms with Crippen molar-refractivity contribution < 1.29 is 13.2 Å². The molecule has 0 saturated heterocycles. The zero-order chi connectivity index (χ0) is 17.7. The van der Waals surface area contributed by atoms with Crippen LogP contribution in [0.2, 0.25) is 5.02 Å². The summed E-state index contributed by atoms with van der Waals surface area (Å²) in [4.78, 5) is 13.3. The second kappa shape index (κ2) is 8.05. The number of carbonyl (C=O) groups excluding carboxylic acids is 1. The van der Waals surface area contributed by atoms with Gasteiger partial charge in [0.15, 0.2) is 9.84 Å². The summed E-state index contributed by atoms with van der Waals surface area (Å²) < 4.78 is 22.9. The van der Waals surface area contributed by atoms with Crippen molar-refractivity contribution in [2.75, 3.05) is 12.0 Å². The van der Waals surface area contributed by atoms with E-state index in [1.807, 2.05) is 19.1 Å². The Balaban J connectivity index is 1.90.